The molecular formula is C9H15N3O. The fourth-order valence-corrected chi connectivity index (χ4v) is 1.19. The van der Waals surface area contributed by atoms with E-state index < -0.39 is 0 Å². The zero-order valence-corrected chi connectivity index (χ0v) is 7.84. The summed E-state index contributed by atoms with van der Waals surface area (Å²) in [6.45, 7) is 2.11. The van der Waals surface area contributed by atoms with Gasteiger partial charge in [0.25, 0.3) is 0 Å². The van der Waals surface area contributed by atoms with Crippen LogP contribution in [-0.2, 0) is 0 Å². The first kappa shape index (κ1) is 9.77. The largest absolute Gasteiger partial charge is 0.383 e. The quantitative estimate of drug-likeness (QED) is 0.537. The SMILES string of the molecule is CCCCCC(=O)c1cn[nH]c1N. The second kappa shape index (κ2) is 4.64. The van der Waals surface area contributed by atoms with Crippen LogP contribution in [0.3, 0.4) is 0 Å². The number of carbonyl (C=O) groups is 1. The second-order valence-electron chi connectivity index (χ2n) is 3.08. The van der Waals surface area contributed by atoms with Gasteiger partial charge in [0.05, 0.1) is 11.8 Å². The lowest BCUT2D eigenvalue weighted by Crippen LogP contribution is -2.01. The molecule has 4 heteroatoms. The maximum Gasteiger partial charge on any atom is 0.168 e. The number of hydrogen-bond acceptors (Lipinski definition) is 3. The summed E-state index contributed by atoms with van der Waals surface area (Å²) in [5.74, 6) is 0.459. The minimum atomic E-state index is 0.0831. The first-order valence-electron chi connectivity index (χ1n) is 4.57. The molecule has 0 saturated carbocycles. The summed E-state index contributed by atoms with van der Waals surface area (Å²) in [6.07, 6.45) is 5.19. The number of rotatable bonds is 5. The van der Waals surface area contributed by atoms with E-state index in [4.69, 9.17) is 5.73 Å². The third kappa shape index (κ3) is 2.57. The third-order valence-corrected chi connectivity index (χ3v) is 1.98. The van der Waals surface area contributed by atoms with Gasteiger partial charge < -0.3 is 5.73 Å². The van der Waals surface area contributed by atoms with Crippen LogP contribution in [0.1, 0.15) is 43.0 Å². The average molecular weight is 181 g/mol. The standard InChI is InChI=1S/C9H15N3O/c1-2-3-4-5-8(13)7-6-11-12-9(7)10/h6H,2-5H2,1H3,(H3,10,11,12). The van der Waals surface area contributed by atoms with Gasteiger partial charge in [-0.05, 0) is 6.42 Å². The van der Waals surface area contributed by atoms with E-state index in [9.17, 15) is 4.79 Å². The Labute approximate surface area is 77.5 Å². The van der Waals surface area contributed by atoms with Crippen molar-refractivity contribution in [3.63, 3.8) is 0 Å². The van der Waals surface area contributed by atoms with Gasteiger partial charge in [-0.3, -0.25) is 9.89 Å². The normalized spacial score (nSPS) is 10.2. The molecule has 0 aromatic carbocycles. The van der Waals surface area contributed by atoms with Crippen LogP contribution in [0.4, 0.5) is 5.82 Å². The highest BCUT2D eigenvalue weighted by Gasteiger charge is 2.10. The molecular weight excluding hydrogens is 166 g/mol. The molecule has 1 rings (SSSR count). The van der Waals surface area contributed by atoms with Crippen LogP contribution in [0.25, 0.3) is 0 Å². The smallest absolute Gasteiger partial charge is 0.168 e. The molecule has 3 N–H and O–H groups in total. The summed E-state index contributed by atoms with van der Waals surface area (Å²) >= 11 is 0. The number of nitrogens with one attached hydrogen (secondary N) is 1. The minimum Gasteiger partial charge on any atom is -0.383 e. The predicted molar refractivity (Wildman–Crippen MR) is 51.5 cm³/mol. The zero-order chi connectivity index (χ0) is 9.68. The van der Waals surface area contributed by atoms with Crippen molar-refractivity contribution in [2.24, 2.45) is 0 Å². The molecule has 72 valence electrons. The van der Waals surface area contributed by atoms with E-state index in [1.807, 2.05) is 0 Å². The number of anilines is 1. The van der Waals surface area contributed by atoms with E-state index in [0.717, 1.165) is 19.3 Å². The van der Waals surface area contributed by atoms with Crippen LogP contribution in [-0.4, -0.2) is 16.0 Å². The summed E-state index contributed by atoms with van der Waals surface area (Å²) < 4.78 is 0. The number of unbranched alkanes of at least 4 members (excludes halogenated alkanes) is 2. The van der Waals surface area contributed by atoms with Gasteiger partial charge in [-0.1, -0.05) is 19.8 Å². The Morgan fingerprint density at radius 3 is 2.92 bits per heavy atom. The Hall–Kier alpha value is -1.32. The maximum absolute atomic E-state index is 11.5. The first-order valence-corrected chi connectivity index (χ1v) is 4.57. The van der Waals surface area contributed by atoms with Crippen molar-refractivity contribution < 1.29 is 4.79 Å². The minimum absolute atomic E-state index is 0.0831. The van der Waals surface area contributed by atoms with Crippen molar-refractivity contribution in [3.05, 3.63) is 11.8 Å². The highest BCUT2D eigenvalue weighted by atomic mass is 16.1. The number of H-pyrrole nitrogens is 1. The molecule has 0 bridgehead atoms. The molecule has 0 aliphatic heterocycles. The number of aromatic amines is 1. The van der Waals surface area contributed by atoms with Crippen LogP contribution in [0.2, 0.25) is 0 Å². The molecule has 0 fully saturated rings. The topological polar surface area (TPSA) is 71.8 Å². The zero-order valence-electron chi connectivity index (χ0n) is 7.84. The van der Waals surface area contributed by atoms with E-state index in [-0.39, 0.29) is 5.78 Å². The van der Waals surface area contributed by atoms with Gasteiger partial charge >= 0.3 is 0 Å². The van der Waals surface area contributed by atoms with Crippen LogP contribution < -0.4 is 5.73 Å². The fraction of sp³-hybridized carbons (Fsp3) is 0.556. The number of Topliss-reactive ketones (excluding diaryl/α,β-unsaturated/α-hetero) is 1. The number of carbonyl (C=O) groups excluding carboxylic acids is 1. The molecule has 0 saturated heterocycles. The van der Waals surface area contributed by atoms with Crippen molar-refractivity contribution in [1.82, 2.24) is 10.2 Å². The number of nitrogens with zero attached hydrogens (tertiary/aromatic N) is 1. The Kier molecular flexibility index (Phi) is 3.49. The third-order valence-electron chi connectivity index (χ3n) is 1.98. The van der Waals surface area contributed by atoms with Gasteiger partial charge in [0, 0.05) is 6.42 Å². The predicted octanol–water partition coefficient (Wildman–Crippen LogP) is 1.75. The molecule has 1 heterocycles. The van der Waals surface area contributed by atoms with Gasteiger partial charge in [0.1, 0.15) is 5.82 Å². The number of aromatic nitrogens is 2. The average Bonchev–Trinajstić information content (AvgIpc) is 2.52. The van der Waals surface area contributed by atoms with E-state index in [2.05, 4.69) is 17.1 Å². The summed E-state index contributed by atoms with van der Waals surface area (Å²) in [7, 11) is 0. The molecule has 0 radical (unpaired) electrons. The Balaban J connectivity index is 2.45. The first-order chi connectivity index (χ1) is 6.25. The van der Waals surface area contributed by atoms with E-state index in [0.29, 0.717) is 17.8 Å². The van der Waals surface area contributed by atoms with E-state index >= 15 is 0 Å². The van der Waals surface area contributed by atoms with Crippen molar-refractivity contribution >= 4 is 11.6 Å². The molecule has 0 aliphatic carbocycles. The van der Waals surface area contributed by atoms with E-state index in [1.54, 1.807) is 0 Å². The maximum atomic E-state index is 11.5. The van der Waals surface area contributed by atoms with E-state index in [1.165, 1.54) is 6.20 Å². The van der Waals surface area contributed by atoms with Crippen molar-refractivity contribution in [1.29, 1.82) is 0 Å². The number of hydrogen-bond donors (Lipinski definition) is 2. The summed E-state index contributed by atoms with van der Waals surface area (Å²) in [5.41, 5.74) is 6.03. The highest BCUT2D eigenvalue weighted by molar-refractivity contribution is 5.99. The molecule has 13 heavy (non-hydrogen) atoms. The summed E-state index contributed by atoms with van der Waals surface area (Å²) in [4.78, 5) is 11.5. The van der Waals surface area contributed by atoms with Crippen LogP contribution in [0.5, 0.6) is 0 Å². The Bertz CT molecular complexity index is 280. The number of ketones is 1. The van der Waals surface area contributed by atoms with Gasteiger partial charge in [-0.25, -0.2) is 0 Å². The molecule has 0 atom stereocenters. The van der Waals surface area contributed by atoms with Crippen LogP contribution in [0, 0.1) is 0 Å². The van der Waals surface area contributed by atoms with Crippen LogP contribution in [0.15, 0.2) is 6.20 Å². The highest BCUT2D eigenvalue weighted by Crippen LogP contribution is 2.11. The van der Waals surface area contributed by atoms with Crippen molar-refractivity contribution in [3.8, 4) is 0 Å². The Morgan fingerprint density at radius 2 is 2.38 bits per heavy atom. The molecule has 0 amide bonds. The van der Waals surface area contributed by atoms with Crippen LogP contribution >= 0.6 is 0 Å². The molecule has 0 unspecified atom stereocenters. The summed E-state index contributed by atoms with van der Waals surface area (Å²) in [6, 6.07) is 0. The lowest BCUT2D eigenvalue weighted by molar-refractivity contribution is 0.0980. The molecule has 0 spiro atoms. The lowest BCUT2D eigenvalue weighted by atomic mass is 10.1. The van der Waals surface area contributed by atoms with Gasteiger partial charge in [-0.2, -0.15) is 5.10 Å². The molecule has 0 aliphatic rings. The summed E-state index contributed by atoms with van der Waals surface area (Å²) in [5, 5.41) is 6.25. The monoisotopic (exact) mass is 181 g/mol. The van der Waals surface area contributed by atoms with Gasteiger partial charge in [0.15, 0.2) is 5.78 Å². The fourth-order valence-electron chi connectivity index (χ4n) is 1.19. The molecule has 4 nitrogen and oxygen atoms in total. The van der Waals surface area contributed by atoms with Crippen molar-refractivity contribution in [2.75, 3.05) is 5.73 Å². The van der Waals surface area contributed by atoms with Gasteiger partial charge in [-0.15, -0.1) is 0 Å². The molecule has 1 aromatic heterocycles. The Morgan fingerprint density at radius 1 is 1.62 bits per heavy atom. The van der Waals surface area contributed by atoms with Gasteiger partial charge in [0.2, 0.25) is 0 Å². The number of nitrogens with two attached hydrogens (primary N) is 1. The van der Waals surface area contributed by atoms with Crippen molar-refractivity contribution in [2.45, 2.75) is 32.6 Å². The second-order valence-corrected chi connectivity index (χ2v) is 3.08. The lowest BCUT2D eigenvalue weighted by Gasteiger charge is -1.97. The molecule has 1 aromatic rings. The number of nitrogen functional groups attached to an aromatic ring is 1.